The Labute approximate surface area is 86.0 Å². The summed E-state index contributed by atoms with van der Waals surface area (Å²) in [6.45, 7) is 4.11. The smallest absolute Gasteiger partial charge is 0.221 e. The molecule has 0 bridgehead atoms. The highest BCUT2D eigenvalue weighted by Crippen LogP contribution is 2.14. The molecule has 1 aliphatic rings. The summed E-state index contributed by atoms with van der Waals surface area (Å²) in [4.78, 5) is 13.3. The third-order valence-corrected chi connectivity index (χ3v) is 2.95. The molecule has 0 aromatic carbocycles. The predicted molar refractivity (Wildman–Crippen MR) is 57.2 cm³/mol. The van der Waals surface area contributed by atoms with Gasteiger partial charge in [0.15, 0.2) is 0 Å². The summed E-state index contributed by atoms with van der Waals surface area (Å²) in [7, 11) is 3.82. The molecule has 1 heterocycles. The SMILES string of the molecule is CNC(=O)CCNC1CC(C)N(C)C1. The Bertz CT molecular complexity index is 186. The minimum Gasteiger partial charge on any atom is -0.359 e. The molecule has 2 N–H and O–H groups in total. The van der Waals surface area contributed by atoms with Crippen LogP contribution < -0.4 is 10.6 Å². The standard InChI is InChI=1S/C10H21N3O/c1-8-6-9(7-13(8)3)12-5-4-10(14)11-2/h8-9,12H,4-7H2,1-3H3,(H,11,14). The third-order valence-electron chi connectivity index (χ3n) is 2.95. The van der Waals surface area contributed by atoms with E-state index in [1.807, 2.05) is 0 Å². The molecule has 2 unspecified atom stereocenters. The van der Waals surface area contributed by atoms with Crippen LogP contribution in [0, 0.1) is 0 Å². The molecule has 4 nitrogen and oxygen atoms in total. The van der Waals surface area contributed by atoms with Crippen LogP contribution in [-0.4, -0.2) is 50.1 Å². The van der Waals surface area contributed by atoms with Crippen LogP contribution in [-0.2, 0) is 4.79 Å². The number of likely N-dealkylation sites (N-methyl/N-ethyl adjacent to an activating group) is 1. The molecule has 1 fully saturated rings. The summed E-state index contributed by atoms with van der Waals surface area (Å²) in [5, 5.41) is 6.02. The molecule has 0 aliphatic carbocycles. The number of amides is 1. The van der Waals surface area contributed by atoms with Gasteiger partial charge in [-0.15, -0.1) is 0 Å². The fraction of sp³-hybridized carbons (Fsp3) is 0.900. The number of rotatable bonds is 4. The maximum absolute atomic E-state index is 11.0. The van der Waals surface area contributed by atoms with E-state index in [4.69, 9.17) is 0 Å². The molecule has 2 atom stereocenters. The molecule has 0 saturated carbocycles. The summed E-state index contributed by atoms with van der Waals surface area (Å²) >= 11 is 0. The molecule has 1 amide bonds. The number of likely N-dealkylation sites (tertiary alicyclic amines) is 1. The molecular formula is C10H21N3O. The van der Waals surface area contributed by atoms with Gasteiger partial charge >= 0.3 is 0 Å². The number of carbonyl (C=O) groups excluding carboxylic acids is 1. The van der Waals surface area contributed by atoms with Crippen LogP contribution in [0.1, 0.15) is 19.8 Å². The highest BCUT2D eigenvalue weighted by atomic mass is 16.1. The van der Waals surface area contributed by atoms with Crippen molar-refractivity contribution in [1.29, 1.82) is 0 Å². The van der Waals surface area contributed by atoms with E-state index in [2.05, 4.69) is 29.5 Å². The van der Waals surface area contributed by atoms with Crippen molar-refractivity contribution in [3.05, 3.63) is 0 Å². The number of nitrogens with one attached hydrogen (secondary N) is 2. The highest BCUT2D eigenvalue weighted by Gasteiger charge is 2.25. The number of hydrogen-bond donors (Lipinski definition) is 2. The third kappa shape index (κ3) is 3.27. The lowest BCUT2D eigenvalue weighted by Gasteiger charge is -2.13. The van der Waals surface area contributed by atoms with Gasteiger partial charge in [0.1, 0.15) is 0 Å². The van der Waals surface area contributed by atoms with Crippen molar-refractivity contribution < 1.29 is 4.79 Å². The number of carbonyl (C=O) groups is 1. The van der Waals surface area contributed by atoms with Crippen molar-refractivity contribution in [2.75, 3.05) is 27.2 Å². The zero-order valence-corrected chi connectivity index (χ0v) is 9.34. The van der Waals surface area contributed by atoms with Crippen molar-refractivity contribution >= 4 is 5.91 Å². The second-order valence-corrected chi connectivity index (χ2v) is 4.10. The van der Waals surface area contributed by atoms with Crippen LogP contribution in [0.3, 0.4) is 0 Å². The van der Waals surface area contributed by atoms with Gasteiger partial charge in [0.2, 0.25) is 5.91 Å². The first-order valence-corrected chi connectivity index (χ1v) is 5.27. The Morgan fingerprint density at radius 1 is 1.57 bits per heavy atom. The molecular weight excluding hydrogens is 178 g/mol. The number of hydrogen-bond acceptors (Lipinski definition) is 3. The zero-order valence-electron chi connectivity index (χ0n) is 9.34. The zero-order chi connectivity index (χ0) is 10.6. The first-order valence-electron chi connectivity index (χ1n) is 5.27. The minimum absolute atomic E-state index is 0.108. The minimum atomic E-state index is 0.108. The van der Waals surface area contributed by atoms with Crippen molar-refractivity contribution in [3.8, 4) is 0 Å². The van der Waals surface area contributed by atoms with Gasteiger partial charge in [0.25, 0.3) is 0 Å². The van der Waals surface area contributed by atoms with E-state index in [1.165, 1.54) is 6.42 Å². The fourth-order valence-electron chi connectivity index (χ4n) is 1.86. The average Bonchev–Trinajstić information content (AvgIpc) is 2.46. The van der Waals surface area contributed by atoms with Gasteiger partial charge in [-0.25, -0.2) is 0 Å². The topological polar surface area (TPSA) is 44.4 Å². The second kappa shape index (κ2) is 5.32. The van der Waals surface area contributed by atoms with Crippen LogP contribution >= 0.6 is 0 Å². The molecule has 0 radical (unpaired) electrons. The Kier molecular flexibility index (Phi) is 4.35. The first-order chi connectivity index (χ1) is 6.63. The van der Waals surface area contributed by atoms with E-state index in [0.29, 0.717) is 18.5 Å². The first kappa shape index (κ1) is 11.5. The summed E-state index contributed by atoms with van der Waals surface area (Å²) in [5.41, 5.74) is 0. The van der Waals surface area contributed by atoms with Gasteiger partial charge < -0.3 is 15.5 Å². The normalized spacial score (nSPS) is 27.9. The van der Waals surface area contributed by atoms with Crippen LogP contribution in [0.15, 0.2) is 0 Å². The average molecular weight is 199 g/mol. The molecule has 1 aliphatic heterocycles. The molecule has 82 valence electrons. The maximum atomic E-state index is 11.0. The van der Waals surface area contributed by atoms with Crippen molar-refractivity contribution in [2.45, 2.75) is 31.8 Å². The van der Waals surface area contributed by atoms with Gasteiger partial charge in [-0.05, 0) is 20.4 Å². The molecule has 0 aromatic heterocycles. The van der Waals surface area contributed by atoms with Crippen LogP contribution in [0.5, 0.6) is 0 Å². The van der Waals surface area contributed by atoms with Crippen molar-refractivity contribution in [3.63, 3.8) is 0 Å². The maximum Gasteiger partial charge on any atom is 0.221 e. The van der Waals surface area contributed by atoms with E-state index in [9.17, 15) is 4.79 Å². The van der Waals surface area contributed by atoms with Crippen LogP contribution in [0.25, 0.3) is 0 Å². The van der Waals surface area contributed by atoms with Crippen LogP contribution in [0.4, 0.5) is 0 Å². The molecule has 0 spiro atoms. The van der Waals surface area contributed by atoms with Gasteiger partial charge in [-0.3, -0.25) is 4.79 Å². The predicted octanol–water partition coefficient (Wildman–Crippen LogP) is -0.195. The lowest BCUT2D eigenvalue weighted by Crippen LogP contribution is -2.34. The van der Waals surface area contributed by atoms with Crippen LogP contribution in [0.2, 0.25) is 0 Å². The van der Waals surface area contributed by atoms with Gasteiger partial charge in [0.05, 0.1) is 0 Å². The summed E-state index contributed by atoms with van der Waals surface area (Å²) < 4.78 is 0. The van der Waals surface area contributed by atoms with Crippen molar-refractivity contribution in [2.24, 2.45) is 0 Å². The summed E-state index contributed by atoms with van der Waals surface area (Å²) in [6, 6.07) is 1.21. The largest absolute Gasteiger partial charge is 0.359 e. The summed E-state index contributed by atoms with van der Waals surface area (Å²) in [6.07, 6.45) is 1.76. The van der Waals surface area contributed by atoms with E-state index < -0.39 is 0 Å². The molecule has 4 heteroatoms. The Balaban J connectivity index is 2.11. The van der Waals surface area contributed by atoms with Gasteiger partial charge in [-0.1, -0.05) is 0 Å². The van der Waals surface area contributed by atoms with Crippen molar-refractivity contribution in [1.82, 2.24) is 15.5 Å². The van der Waals surface area contributed by atoms with E-state index in [1.54, 1.807) is 7.05 Å². The number of nitrogens with zero attached hydrogens (tertiary/aromatic N) is 1. The fourth-order valence-corrected chi connectivity index (χ4v) is 1.86. The Morgan fingerprint density at radius 3 is 2.79 bits per heavy atom. The van der Waals surface area contributed by atoms with Gasteiger partial charge in [-0.2, -0.15) is 0 Å². The molecule has 1 saturated heterocycles. The van der Waals surface area contributed by atoms with Gasteiger partial charge in [0, 0.05) is 38.6 Å². The highest BCUT2D eigenvalue weighted by molar-refractivity contribution is 5.75. The van der Waals surface area contributed by atoms with E-state index in [0.717, 1.165) is 13.1 Å². The van der Waals surface area contributed by atoms with E-state index >= 15 is 0 Å². The lowest BCUT2D eigenvalue weighted by molar-refractivity contribution is -0.120. The molecule has 1 rings (SSSR count). The Morgan fingerprint density at radius 2 is 2.29 bits per heavy atom. The molecule has 0 aromatic rings. The summed E-state index contributed by atoms with van der Waals surface area (Å²) in [5.74, 6) is 0.108. The molecule has 14 heavy (non-hydrogen) atoms. The van der Waals surface area contributed by atoms with E-state index in [-0.39, 0.29) is 5.91 Å². The quantitative estimate of drug-likeness (QED) is 0.659. The second-order valence-electron chi connectivity index (χ2n) is 4.10. The Hall–Kier alpha value is -0.610. The lowest BCUT2D eigenvalue weighted by atomic mass is 10.2. The monoisotopic (exact) mass is 199 g/mol.